The fourth-order valence-electron chi connectivity index (χ4n) is 4.73. The number of halogens is 2. The zero-order chi connectivity index (χ0) is 22.1. The van der Waals surface area contributed by atoms with Gasteiger partial charge in [0.25, 0.3) is 0 Å². The molecule has 1 atom stereocenters. The van der Waals surface area contributed by atoms with E-state index in [0.29, 0.717) is 29.3 Å². The largest absolute Gasteiger partial charge is 0.403 e. The summed E-state index contributed by atoms with van der Waals surface area (Å²) in [5.41, 5.74) is 2.71. The van der Waals surface area contributed by atoms with Gasteiger partial charge in [0.1, 0.15) is 11.6 Å². The molecule has 7 heteroatoms. The van der Waals surface area contributed by atoms with Gasteiger partial charge in [0.15, 0.2) is 0 Å². The predicted octanol–water partition coefficient (Wildman–Crippen LogP) is 6.34. The molecule has 4 aromatic rings. The Bertz CT molecular complexity index is 1220. The lowest BCUT2D eigenvalue weighted by Crippen LogP contribution is -2.29. The number of aromatic nitrogens is 3. The van der Waals surface area contributed by atoms with E-state index in [4.69, 9.17) is 4.42 Å². The second-order valence-electron chi connectivity index (χ2n) is 8.53. The summed E-state index contributed by atoms with van der Waals surface area (Å²) in [4.78, 5) is 4.38. The molecule has 5 rings (SSSR count). The molecule has 164 valence electrons. The first-order valence-corrected chi connectivity index (χ1v) is 11.0. The van der Waals surface area contributed by atoms with Crippen LogP contribution < -0.4 is 5.32 Å². The van der Waals surface area contributed by atoms with E-state index in [1.54, 1.807) is 24.3 Å². The van der Waals surface area contributed by atoms with Gasteiger partial charge in [-0.2, -0.15) is 0 Å². The number of nitrogens with one attached hydrogen (secondary N) is 1. The van der Waals surface area contributed by atoms with Gasteiger partial charge in [0.05, 0.1) is 5.52 Å². The van der Waals surface area contributed by atoms with Crippen LogP contribution in [0.3, 0.4) is 0 Å². The van der Waals surface area contributed by atoms with E-state index in [2.05, 4.69) is 27.4 Å². The zero-order valence-electron chi connectivity index (χ0n) is 17.8. The molecule has 0 spiro atoms. The third kappa shape index (κ3) is 4.20. The Kier molecular flexibility index (Phi) is 5.55. The average molecular weight is 434 g/mol. The first-order chi connectivity index (χ1) is 15.6. The van der Waals surface area contributed by atoms with E-state index in [1.807, 2.05) is 12.3 Å². The number of hydrogen-bond donors (Lipinski definition) is 1. The van der Waals surface area contributed by atoms with E-state index in [0.717, 1.165) is 36.6 Å². The van der Waals surface area contributed by atoms with Crippen molar-refractivity contribution in [3.63, 3.8) is 0 Å². The quantitative estimate of drug-likeness (QED) is 0.397. The molecule has 0 aliphatic heterocycles. The van der Waals surface area contributed by atoms with Gasteiger partial charge in [0, 0.05) is 23.2 Å². The first kappa shape index (κ1) is 20.5. The van der Waals surface area contributed by atoms with Crippen LogP contribution in [0.25, 0.3) is 22.4 Å². The Morgan fingerprint density at radius 3 is 2.47 bits per heavy atom. The normalized spacial score (nSPS) is 19.7. The Hall–Kier alpha value is -3.35. The van der Waals surface area contributed by atoms with Crippen molar-refractivity contribution in [3.8, 4) is 11.5 Å². The van der Waals surface area contributed by atoms with E-state index in [-0.39, 0.29) is 17.7 Å². The number of hydrogen-bond acceptors (Lipinski definition) is 5. The van der Waals surface area contributed by atoms with Crippen molar-refractivity contribution in [1.82, 2.24) is 15.2 Å². The topological polar surface area (TPSA) is 63.8 Å². The number of anilines is 1. The van der Waals surface area contributed by atoms with Crippen LogP contribution in [-0.4, -0.2) is 21.2 Å². The summed E-state index contributed by atoms with van der Waals surface area (Å²) in [5.74, 6) is 0.704. The van der Waals surface area contributed by atoms with Crippen LogP contribution in [-0.2, 0) is 0 Å². The summed E-state index contributed by atoms with van der Waals surface area (Å²) >= 11 is 0. The molecule has 0 unspecified atom stereocenters. The van der Waals surface area contributed by atoms with E-state index in [1.165, 1.54) is 23.8 Å². The predicted molar refractivity (Wildman–Crippen MR) is 119 cm³/mol. The minimum atomic E-state index is -0.305. The maximum atomic E-state index is 13.8. The summed E-state index contributed by atoms with van der Waals surface area (Å²) in [6, 6.07) is 13.4. The van der Waals surface area contributed by atoms with Crippen molar-refractivity contribution in [1.29, 1.82) is 0 Å². The Morgan fingerprint density at radius 1 is 0.938 bits per heavy atom. The van der Waals surface area contributed by atoms with Gasteiger partial charge in [-0.25, -0.2) is 8.78 Å². The Morgan fingerprint density at radius 2 is 1.69 bits per heavy atom. The van der Waals surface area contributed by atoms with Crippen molar-refractivity contribution < 1.29 is 13.2 Å². The fourth-order valence-corrected chi connectivity index (χ4v) is 4.73. The SMILES string of the molecule is C[C@@H](Nc1nnc(-c2ccc(F)cc2)o1)C1CCC(c2ccnc3ccc(F)cc23)CC1. The van der Waals surface area contributed by atoms with Gasteiger partial charge in [0.2, 0.25) is 5.89 Å². The second kappa shape index (κ2) is 8.65. The molecule has 5 nitrogen and oxygen atoms in total. The Labute approximate surface area is 184 Å². The molecule has 32 heavy (non-hydrogen) atoms. The number of pyridine rings is 1. The smallest absolute Gasteiger partial charge is 0.315 e. The van der Waals surface area contributed by atoms with Crippen LogP contribution in [0.2, 0.25) is 0 Å². The lowest BCUT2D eigenvalue weighted by Gasteiger charge is -2.32. The first-order valence-electron chi connectivity index (χ1n) is 11.0. The molecule has 0 amide bonds. The fraction of sp³-hybridized carbons (Fsp3) is 0.320. The van der Waals surface area contributed by atoms with Crippen LogP contribution in [0.1, 0.15) is 44.1 Å². The molecule has 2 heterocycles. The van der Waals surface area contributed by atoms with Gasteiger partial charge in [-0.3, -0.25) is 4.98 Å². The van der Waals surface area contributed by atoms with Crippen molar-refractivity contribution in [2.75, 3.05) is 5.32 Å². The summed E-state index contributed by atoms with van der Waals surface area (Å²) < 4.78 is 32.7. The number of fused-ring (bicyclic) bond motifs is 1. The molecule has 0 saturated heterocycles. The molecule has 1 N–H and O–H groups in total. The maximum absolute atomic E-state index is 13.8. The highest BCUT2D eigenvalue weighted by atomic mass is 19.1. The van der Waals surface area contributed by atoms with Crippen molar-refractivity contribution in [3.05, 3.63) is 71.9 Å². The molecule has 0 bridgehead atoms. The van der Waals surface area contributed by atoms with Crippen LogP contribution in [0.5, 0.6) is 0 Å². The van der Waals surface area contributed by atoms with Crippen LogP contribution in [0.15, 0.2) is 59.1 Å². The highest BCUT2D eigenvalue weighted by Gasteiger charge is 2.28. The molecular weight excluding hydrogens is 410 g/mol. The average Bonchev–Trinajstić information content (AvgIpc) is 3.27. The lowest BCUT2D eigenvalue weighted by molar-refractivity contribution is 0.299. The molecule has 2 aromatic heterocycles. The van der Waals surface area contributed by atoms with E-state index in [9.17, 15) is 8.78 Å². The van der Waals surface area contributed by atoms with Gasteiger partial charge >= 0.3 is 6.01 Å². The van der Waals surface area contributed by atoms with E-state index >= 15 is 0 Å². The number of rotatable bonds is 5. The molecule has 1 aliphatic carbocycles. The van der Waals surface area contributed by atoms with E-state index < -0.39 is 0 Å². The van der Waals surface area contributed by atoms with Gasteiger partial charge in [-0.15, -0.1) is 5.10 Å². The molecule has 2 aromatic carbocycles. The molecule has 1 saturated carbocycles. The lowest BCUT2D eigenvalue weighted by atomic mass is 9.75. The van der Waals surface area contributed by atoms with Gasteiger partial charge < -0.3 is 9.73 Å². The zero-order valence-corrected chi connectivity index (χ0v) is 17.8. The van der Waals surface area contributed by atoms with Crippen LogP contribution >= 0.6 is 0 Å². The van der Waals surface area contributed by atoms with Crippen molar-refractivity contribution in [2.45, 2.75) is 44.6 Å². The second-order valence-corrected chi connectivity index (χ2v) is 8.53. The standard InChI is InChI=1S/C25H24F2N4O/c1-15(29-25-31-30-24(32-25)18-6-8-19(26)9-7-18)16-2-4-17(5-3-16)21-12-13-28-23-11-10-20(27)14-22(21)23/h6-17H,2-5H2,1H3,(H,29,31)/t15-,16?,17?/m1/s1. The highest BCUT2D eigenvalue weighted by Crippen LogP contribution is 2.40. The summed E-state index contributed by atoms with van der Waals surface area (Å²) in [7, 11) is 0. The van der Waals surface area contributed by atoms with Crippen LogP contribution in [0.4, 0.5) is 14.8 Å². The summed E-state index contributed by atoms with van der Waals surface area (Å²) in [5, 5.41) is 12.4. The van der Waals surface area contributed by atoms with Gasteiger partial charge in [-0.1, -0.05) is 5.10 Å². The van der Waals surface area contributed by atoms with Crippen molar-refractivity contribution >= 4 is 16.9 Å². The third-order valence-corrected chi connectivity index (χ3v) is 6.52. The molecule has 1 fully saturated rings. The van der Waals surface area contributed by atoms with Gasteiger partial charge in [-0.05, 0) is 98.5 Å². The van der Waals surface area contributed by atoms with Crippen LogP contribution in [0, 0.1) is 17.6 Å². The third-order valence-electron chi connectivity index (χ3n) is 6.52. The highest BCUT2D eigenvalue weighted by molar-refractivity contribution is 5.82. The minimum Gasteiger partial charge on any atom is -0.403 e. The molecule has 0 radical (unpaired) electrons. The molecule has 1 aliphatic rings. The maximum Gasteiger partial charge on any atom is 0.315 e. The summed E-state index contributed by atoms with van der Waals surface area (Å²) in [6.07, 6.45) is 6.00. The molecular formula is C25H24F2N4O. The minimum absolute atomic E-state index is 0.170. The number of benzene rings is 2. The monoisotopic (exact) mass is 434 g/mol. The number of nitrogens with zero attached hydrogens (tertiary/aromatic N) is 3. The van der Waals surface area contributed by atoms with Crippen molar-refractivity contribution in [2.24, 2.45) is 5.92 Å². The summed E-state index contributed by atoms with van der Waals surface area (Å²) in [6.45, 7) is 2.13. The Balaban J connectivity index is 1.22.